The lowest BCUT2D eigenvalue weighted by atomic mass is 9.74. The van der Waals surface area contributed by atoms with Crippen LogP contribution in [0.2, 0.25) is 0 Å². The van der Waals surface area contributed by atoms with Gasteiger partial charge in [-0.2, -0.15) is 0 Å². The predicted octanol–water partition coefficient (Wildman–Crippen LogP) is 6.19. The van der Waals surface area contributed by atoms with E-state index in [9.17, 15) is 19.2 Å². The molecule has 1 unspecified atom stereocenters. The van der Waals surface area contributed by atoms with Gasteiger partial charge in [0.25, 0.3) is 0 Å². The van der Waals surface area contributed by atoms with Crippen molar-refractivity contribution < 1.29 is 33.4 Å². The first kappa shape index (κ1) is 40.7. The summed E-state index contributed by atoms with van der Waals surface area (Å²) in [5.74, 6) is 1.18. The van der Waals surface area contributed by atoms with Crippen LogP contribution < -0.4 is 10.6 Å². The molecule has 0 radical (unpaired) electrons. The average Bonchev–Trinajstić information content (AvgIpc) is 4.13. The lowest BCUT2D eigenvalue weighted by Crippen LogP contribution is -2.53. The van der Waals surface area contributed by atoms with Gasteiger partial charge in [0.2, 0.25) is 11.8 Å². The molecule has 0 saturated carbocycles. The first-order chi connectivity index (χ1) is 29.6. The molecule has 3 fully saturated rings. The number of nitrogens with one attached hydrogen (secondary N) is 4. The fourth-order valence-corrected chi connectivity index (χ4v) is 10.4. The van der Waals surface area contributed by atoms with Gasteiger partial charge in [0.1, 0.15) is 23.7 Å². The fourth-order valence-electron chi connectivity index (χ4n) is 10.4. The minimum atomic E-state index is -0.683. The van der Waals surface area contributed by atoms with E-state index in [2.05, 4.69) is 44.9 Å². The van der Waals surface area contributed by atoms with E-state index >= 15 is 0 Å². The van der Waals surface area contributed by atoms with E-state index in [4.69, 9.17) is 24.2 Å². The van der Waals surface area contributed by atoms with E-state index in [-0.39, 0.29) is 35.7 Å². The Bertz CT molecular complexity index is 2280. The lowest BCUT2D eigenvalue weighted by Gasteiger charge is -2.34. The molecule has 15 heteroatoms. The van der Waals surface area contributed by atoms with Crippen LogP contribution in [0.4, 0.5) is 9.59 Å². The number of H-pyrrole nitrogens is 2. The summed E-state index contributed by atoms with van der Waals surface area (Å²) in [5.41, 5.74) is 12.1. The molecule has 3 saturated heterocycles. The third-order valence-electron chi connectivity index (χ3n) is 13.6. The Morgan fingerprint density at radius 3 is 1.61 bits per heavy atom. The van der Waals surface area contributed by atoms with Gasteiger partial charge in [0.15, 0.2) is 0 Å². The highest BCUT2D eigenvalue weighted by Gasteiger charge is 2.41. The molecule has 2 aliphatic carbocycles. The summed E-state index contributed by atoms with van der Waals surface area (Å²) in [5, 5.41) is 5.57. The Balaban J connectivity index is 0.933. The molecule has 4 N–H and O–H groups in total. The normalized spacial score (nSPS) is 20.6. The Labute approximate surface area is 355 Å². The van der Waals surface area contributed by atoms with Crippen LogP contribution in [0.5, 0.6) is 0 Å². The molecule has 4 atom stereocenters. The van der Waals surface area contributed by atoms with Crippen LogP contribution in [0.15, 0.2) is 36.7 Å². The van der Waals surface area contributed by atoms with Crippen LogP contribution in [0.1, 0.15) is 98.4 Å². The van der Waals surface area contributed by atoms with Gasteiger partial charge < -0.3 is 44.6 Å². The van der Waals surface area contributed by atoms with Gasteiger partial charge in [-0.05, 0) is 134 Å². The van der Waals surface area contributed by atoms with Crippen molar-refractivity contribution in [3.05, 3.63) is 70.6 Å². The van der Waals surface area contributed by atoms with Crippen LogP contribution in [-0.4, -0.2) is 106 Å². The molecule has 61 heavy (non-hydrogen) atoms. The smallest absolute Gasteiger partial charge is 0.407 e. The quantitative estimate of drug-likeness (QED) is 0.145. The van der Waals surface area contributed by atoms with E-state index in [0.717, 1.165) is 85.5 Å². The van der Waals surface area contributed by atoms with Crippen molar-refractivity contribution >= 4 is 24.0 Å². The number of amides is 4. The Morgan fingerprint density at radius 2 is 1.15 bits per heavy atom. The van der Waals surface area contributed by atoms with Gasteiger partial charge in [0.05, 0.1) is 50.1 Å². The van der Waals surface area contributed by atoms with Crippen LogP contribution in [0, 0.1) is 11.8 Å². The number of alkyl carbamates (subject to hydrolysis) is 2. The molecule has 2 aromatic carbocycles. The molecule has 15 nitrogen and oxygen atoms in total. The Kier molecular flexibility index (Phi) is 11.3. The number of benzene rings is 2. The van der Waals surface area contributed by atoms with Crippen molar-refractivity contribution in [2.24, 2.45) is 11.8 Å². The number of hydrogen-bond acceptors (Lipinski definition) is 9. The summed E-state index contributed by atoms with van der Waals surface area (Å²) in [6, 6.07) is 7.45. The Morgan fingerprint density at radius 1 is 0.689 bits per heavy atom. The highest BCUT2D eigenvalue weighted by atomic mass is 16.5. The van der Waals surface area contributed by atoms with E-state index in [1.54, 1.807) is 0 Å². The first-order valence-electron chi connectivity index (χ1n) is 21.9. The molecule has 0 bridgehead atoms. The molecule has 4 amide bonds. The summed E-state index contributed by atoms with van der Waals surface area (Å²) < 4.78 is 15.3. The van der Waals surface area contributed by atoms with E-state index in [1.807, 2.05) is 36.0 Å². The predicted molar refractivity (Wildman–Crippen MR) is 226 cm³/mol. The minimum Gasteiger partial charge on any atom is -0.453 e. The van der Waals surface area contributed by atoms with Gasteiger partial charge >= 0.3 is 12.2 Å². The molecule has 9 rings (SSSR count). The molecule has 2 aromatic heterocycles. The number of aromatic nitrogens is 4. The van der Waals surface area contributed by atoms with Crippen molar-refractivity contribution in [1.82, 2.24) is 40.4 Å². The van der Waals surface area contributed by atoms with E-state index < -0.39 is 24.3 Å². The molecule has 5 aliphatic rings. The Hall–Kier alpha value is -5.70. The van der Waals surface area contributed by atoms with Crippen molar-refractivity contribution in [1.29, 1.82) is 0 Å². The number of carbonyl (C=O) groups excluding carboxylic acids is 4. The number of aromatic amines is 2. The number of aryl methyl sites for hydroxylation is 4. The molecule has 4 aromatic rings. The van der Waals surface area contributed by atoms with E-state index in [1.165, 1.54) is 47.6 Å². The maximum Gasteiger partial charge on any atom is 0.407 e. The molecule has 3 aliphatic heterocycles. The maximum absolute atomic E-state index is 14.1. The number of ether oxygens (including phenoxy) is 3. The van der Waals surface area contributed by atoms with Gasteiger partial charge in [-0.25, -0.2) is 19.6 Å². The second kappa shape index (κ2) is 17.0. The molecular formula is C46H56N8O7. The zero-order valence-corrected chi connectivity index (χ0v) is 35.5. The van der Waals surface area contributed by atoms with Gasteiger partial charge in [-0.15, -0.1) is 0 Å². The highest BCUT2D eigenvalue weighted by molar-refractivity contribution is 5.88. The molecule has 5 heterocycles. The number of carbonyl (C=O) groups is 4. The third-order valence-corrected chi connectivity index (χ3v) is 13.6. The zero-order chi connectivity index (χ0) is 42.4. The molecule has 0 spiro atoms. The maximum atomic E-state index is 14.1. The topological polar surface area (TPSA) is 184 Å². The van der Waals surface area contributed by atoms with Gasteiger partial charge in [-0.1, -0.05) is 13.8 Å². The number of imidazole rings is 2. The van der Waals surface area contributed by atoms with Crippen LogP contribution in [0.3, 0.4) is 0 Å². The lowest BCUT2D eigenvalue weighted by molar-refractivity contribution is -0.137. The SMILES string of the molecule is COC(=O)NC(C(=O)N1CCC[C@H]1c1ncc(-c2cc3c4c(c2)CCc2cc(-c5cnc([C@@H]6CCCN6C(=O)[C@@H](NC(=O)OC)C(C)C)[nH]5)cc(c2-4)CC3)[nH]1)C1CCOCC1. The summed E-state index contributed by atoms with van der Waals surface area (Å²) in [4.78, 5) is 72.8. The monoisotopic (exact) mass is 832 g/mol. The summed E-state index contributed by atoms with van der Waals surface area (Å²) in [7, 11) is 2.62. The van der Waals surface area contributed by atoms with Gasteiger partial charge in [-0.3, -0.25) is 9.59 Å². The summed E-state index contributed by atoms with van der Waals surface area (Å²) >= 11 is 0. The van der Waals surface area contributed by atoms with Crippen LogP contribution >= 0.6 is 0 Å². The van der Waals surface area contributed by atoms with Crippen molar-refractivity contribution in [2.45, 2.75) is 102 Å². The summed E-state index contributed by atoms with van der Waals surface area (Å²) in [6.45, 7) is 6.18. The standard InChI is InChI=1S/C46H56N8O7/c1-25(2)39(51-45(57)59-3)43(55)53-15-5-7-35(53)41-47-23-33(49-41)31-19-27-9-11-29-21-32(22-30-12-10-28(20-31)37(27)38(29)30)34-24-48-42(50-34)36-8-6-16-54(36)44(56)40(52-46(58)60-4)26-13-17-61-18-14-26/h19-26,35-36,39-40H,5-18H2,1-4H3,(H,47,49)(H,48,50)(H,51,57)(H,52,58)/t35-,36-,39-,40?/m0/s1. The summed E-state index contributed by atoms with van der Waals surface area (Å²) in [6.07, 6.45) is 11.0. The van der Waals surface area contributed by atoms with Crippen molar-refractivity contribution in [2.75, 3.05) is 40.5 Å². The average molecular weight is 833 g/mol. The highest BCUT2D eigenvalue weighted by Crippen LogP contribution is 2.46. The number of nitrogens with zero attached hydrogens (tertiary/aromatic N) is 4. The number of likely N-dealkylation sites (tertiary alicyclic amines) is 2. The van der Waals surface area contributed by atoms with Crippen molar-refractivity contribution in [3.8, 4) is 33.6 Å². The fraction of sp³-hybridized carbons (Fsp3) is 0.522. The first-order valence-corrected chi connectivity index (χ1v) is 21.9. The number of rotatable bonds is 10. The number of methoxy groups -OCH3 is 2. The van der Waals surface area contributed by atoms with Crippen molar-refractivity contribution in [3.63, 3.8) is 0 Å². The van der Waals surface area contributed by atoms with E-state index in [0.29, 0.717) is 39.1 Å². The molecular weight excluding hydrogens is 777 g/mol. The zero-order valence-electron chi connectivity index (χ0n) is 35.5. The number of hydrogen-bond donors (Lipinski definition) is 4. The molecule has 322 valence electrons. The van der Waals surface area contributed by atoms with Crippen LogP contribution in [0.25, 0.3) is 33.6 Å². The van der Waals surface area contributed by atoms with Gasteiger partial charge in [0, 0.05) is 37.4 Å². The minimum absolute atomic E-state index is 0.0220. The second-order valence-electron chi connectivity index (χ2n) is 17.5. The largest absolute Gasteiger partial charge is 0.453 e. The third kappa shape index (κ3) is 7.77. The van der Waals surface area contributed by atoms with Crippen LogP contribution in [-0.2, 0) is 49.5 Å². The second-order valence-corrected chi connectivity index (χ2v) is 17.5.